The molecule has 64 valence electrons. The molecule has 0 aliphatic heterocycles. The van der Waals surface area contributed by atoms with Gasteiger partial charge in [-0.05, 0) is 19.9 Å². The van der Waals surface area contributed by atoms with Crippen molar-refractivity contribution in [3.8, 4) is 0 Å². The minimum Gasteiger partial charge on any atom is -0.231 e. The smallest absolute Gasteiger partial charge is 0.188 e. The number of thioether (sulfide) groups is 1. The Bertz CT molecular complexity index is 246. The van der Waals surface area contributed by atoms with Crippen LogP contribution in [0.4, 0.5) is 0 Å². The maximum Gasteiger partial charge on any atom is 0.188 e. The van der Waals surface area contributed by atoms with E-state index in [9.17, 15) is 0 Å². The van der Waals surface area contributed by atoms with Crippen LogP contribution in [0.1, 0.15) is 13.8 Å². The molecule has 0 aromatic carbocycles. The normalized spacial score (nSPS) is 13.5. The zero-order chi connectivity index (χ0) is 8.81. The highest BCUT2D eigenvalue weighted by atomic mass is 32.2. The summed E-state index contributed by atoms with van der Waals surface area (Å²) in [5.74, 6) is 0. The van der Waals surface area contributed by atoms with Gasteiger partial charge in [-0.2, -0.15) is 0 Å². The zero-order valence-corrected chi connectivity index (χ0v) is 8.08. The third-order valence-electron chi connectivity index (χ3n) is 1.30. The lowest BCUT2D eigenvalue weighted by Gasteiger charge is -2.02. The van der Waals surface area contributed by atoms with Crippen molar-refractivity contribution in [2.45, 2.75) is 24.3 Å². The molecule has 2 nitrogen and oxygen atoms in total. The summed E-state index contributed by atoms with van der Waals surface area (Å²) in [5.41, 5.74) is 0. The largest absolute Gasteiger partial charge is 0.231 e. The van der Waals surface area contributed by atoms with Crippen LogP contribution < -0.4 is 0 Å². The minimum absolute atomic E-state index is 0.442. The summed E-state index contributed by atoms with van der Waals surface area (Å²) in [5, 5.41) is 1.28. The van der Waals surface area contributed by atoms with E-state index in [1.165, 1.54) is 0 Å². The Hall–Kier alpha value is -0.830. The first-order valence-electron chi connectivity index (χ1n) is 3.89. The predicted molar refractivity (Wildman–Crippen MR) is 52.2 cm³/mol. The molecule has 1 rings (SSSR count). The van der Waals surface area contributed by atoms with E-state index >= 15 is 0 Å². The molecular formula is C9H12N2S. The first kappa shape index (κ1) is 9.26. The van der Waals surface area contributed by atoms with Crippen molar-refractivity contribution in [1.82, 2.24) is 9.97 Å². The van der Waals surface area contributed by atoms with Gasteiger partial charge in [-0.3, -0.25) is 0 Å². The fraction of sp³-hybridized carbons (Fsp3) is 0.333. The number of nitrogens with zero attached hydrogens (tertiary/aromatic N) is 2. The molecule has 12 heavy (non-hydrogen) atoms. The Kier molecular flexibility index (Phi) is 3.80. The quantitative estimate of drug-likeness (QED) is 0.406. The second-order valence-electron chi connectivity index (χ2n) is 2.38. The maximum atomic E-state index is 4.12. The number of hydrogen-bond donors (Lipinski definition) is 0. The van der Waals surface area contributed by atoms with E-state index in [1.807, 2.05) is 19.1 Å². The molecular weight excluding hydrogens is 168 g/mol. The van der Waals surface area contributed by atoms with Crippen LogP contribution in [0.15, 0.2) is 35.8 Å². The van der Waals surface area contributed by atoms with E-state index in [0.717, 1.165) is 5.16 Å². The Morgan fingerprint density at radius 1 is 1.42 bits per heavy atom. The molecule has 0 N–H and O–H groups in total. The molecule has 0 saturated heterocycles. The van der Waals surface area contributed by atoms with Crippen molar-refractivity contribution in [2.24, 2.45) is 0 Å². The lowest BCUT2D eigenvalue weighted by molar-refractivity contribution is 0.961. The molecule has 0 aliphatic carbocycles. The van der Waals surface area contributed by atoms with E-state index in [-0.39, 0.29) is 0 Å². The highest BCUT2D eigenvalue weighted by Gasteiger charge is 2.00. The third kappa shape index (κ3) is 3.05. The number of rotatable bonds is 3. The summed E-state index contributed by atoms with van der Waals surface area (Å²) in [4.78, 5) is 8.24. The lowest BCUT2D eigenvalue weighted by Crippen LogP contribution is -1.92. The van der Waals surface area contributed by atoms with Gasteiger partial charge in [0.2, 0.25) is 0 Å². The van der Waals surface area contributed by atoms with E-state index in [2.05, 4.69) is 23.0 Å². The van der Waals surface area contributed by atoms with Crippen LogP contribution in [-0.2, 0) is 0 Å². The van der Waals surface area contributed by atoms with E-state index in [1.54, 1.807) is 24.2 Å². The second-order valence-corrected chi connectivity index (χ2v) is 3.72. The summed E-state index contributed by atoms with van der Waals surface area (Å²) >= 11 is 1.66. The molecule has 0 fully saturated rings. The summed E-state index contributed by atoms with van der Waals surface area (Å²) in [6.07, 6.45) is 7.69. The first-order valence-corrected chi connectivity index (χ1v) is 4.77. The van der Waals surface area contributed by atoms with Gasteiger partial charge in [0.05, 0.1) is 0 Å². The molecule has 0 unspecified atom stereocenters. The molecule has 0 radical (unpaired) electrons. The molecule has 0 saturated carbocycles. The van der Waals surface area contributed by atoms with Crippen molar-refractivity contribution < 1.29 is 0 Å². The van der Waals surface area contributed by atoms with Crippen molar-refractivity contribution >= 4 is 11.8 Å². The van der Waals surface area contributed by atoms with Gasteiger partial charge in [0.25, 0.3) is 0 Å². The van der Waals surface area contributed by atoms with Crippen molar-refractivity contribution in [3.05, 3.63) is 30.6 Å². The molecule has 0 amide bonds. The fourth-order valence-electron chi connectivity index (χ4n) is 0.823. The van der Waals surface area contributed by atoms with E-state index in [4.69, 9.17) is 0 Å². The van der Waals surface area contributed by atoms with Crippen LogP contribution in [0, 0.1) is 0 Å². The maximum absolute atomic E-state index is 4.12. The molecule has 1 atom stereocenters. The molecule has 1 aromatic rings. The van der Waals surface area contributed by atoms with Gasteiger partial charge in [-0.25, -0.2) is 9.97 Å². The molecule has 0 bridgehead atoms. The fourth-order valence-corrected chi connectivity index (χ4v) is 1.63. The van der Waals surface area contributed by atoms with Crippen LogP contribution in [0.25, 0.3) is 0 Å². The Morgan fingerprint density at radius 3 is 2.67 bits per heavy atom. The molecule has 0 spiro atoms. The van der Waals surface area contributed by atoms with Gasteiger partial charge in [0.1, 0.15) is 0 Å². The van der Waals surface area contributed by atoms with Crippen molar-refractivity contribution in [3.63, 3.8) is 0 Å². The number of hydrogen-bond acceptors (Lipinski definition) is 3. The van der Waals surface area contributed by atoms with Crippen LogP contribution in [0.3, 0.4) is 0 Å². The SMILES string of the molecule is C/C=C/[C@@H](C)Sc1ncccn1. The van der Waals surface area contributed by atoms with Gasteiger partial charge in [0.15, 0.2) is 5.16 Å². The highest BCUT2D eigenvalue weighted by Crippen LogP contribution is 2.18. The van der Waals surface area contributed by atoms with Gasteiger partial charge in [-0.15, -0.1) is 0 Å². The predicted octanol–water partition coefficient (Wildman–Crippen LogP) is 2.53. The van der Waals surface area contributed by atoms with Gasteiger partial charge in [-0.1, -0.05) is 23.9 Å². The van der Waals surface area contributed by atoms with Crippen molar-refractivity contribution in [2.75, 3.05) is 0 Å². The van der Waals surface area contributed by atoms with Crippen LogP contribution >= 0.6 is 11.8 Å². The zero-order valence-electron chi connectivity index (χ0n) is 7.27. The average molecular weight is 180 g/mol. The van der Waals surface area contributed by atoms with Gasteiger partial charge in [0, 0.05) is 17.6 Å². The Morgan fingerprint density at radius 2 is 2.08 bits per heavy atom. The monoisotopic (exact) mass is 180 g/mol. The Labute approximate surface area is 77.1 Å². The first-order chi connectivity index (χ1) is 5.83. The van der Waals surface area contributed by atoms with E-state index in [0.29, 0.717) is 5.25 Å². The second kappa shape index (κ2) is 4.93. The van der Waals surface area contributed by atoms with Crippen LogP contribution in [0.2, 0.25) is 0 Å². The van der Waals surface area contributed by atoms with Crippen molar-refractivity contribution in [1.29, 1.82) is 0 Å². The molecule has 3 heteroatoms. The summed E-state index contributed by atoms with van der Waals surface area (Å²) in [7, 11) is 0. The minimum atomic E-state index is 0.442. The summed E-state index contributed by atoms with van der Waals surface area (Å²) < 4.78 is 0. The van der Waals surface area contributed by atoms with Gasteiger partial charge < -0.3 is 0 Å². The topological polar surface area (TPSA) is 25.8 Å². The Balaban J connectivity index is 2.52. The number of allylic oxidation sites excluding steroid dienone is 1. The lowest BCUT2D eigenvalue weighted by atomic mass is 10.4. The molecule has 0 aliphatic rings. The van der Waals surface area contributed by atoms with Gasteiger partial charge >= 0.3 is 0 Å². The highest BCUT2D eigenvalue weighted by molar-refractivity contribution is 7.99. The summed E-state index contributed by atoms with van der Waals surface area (Å²) in [6.45, 7) is 4.14. The summed E-state index contributed by atoms with van der Waals surface area (Å²) in [6, 6.07) is 1.82. The third-order valence-corrected chi connectivity index (χ3v) is 2.25. The standard InChI is InChI=1S/C9H12N2S/c1-3-5-8(2)12-9-10-6-4-7-11-9/h3-8H,1-2H3/b5-3+/t8-/m1/s1. The molecule has 1 aromatic heterocycles. The number of aromatic nitrogens is 2. The van der Waals surface area contributed by atoms with Crippen LogP contribution in [0.5, 0.6) is 0 Å². The van der Waals surface area contributed by atoms with E-state index < -0.39 is 0 Å². The average Bonchev–Trinajstić information content (AvgIpc) is 2.06. The molecule has 1 heterocycles. The van der Waals surface area contributed by atoms with Crippen LogP contribution in [-0.4, -0.2) is 15.2 Å².